The molecule has 5 heteroatoms. The third-order valence-corrected chi connectivity index (χ3v) is 4.80. The number of nitrogens with zero attached hydrogens (tertiary/aromatic N) is 1. The molecule has 3 atom stereocenters. The van der Waals surface area contributed by atoms with Gasteiger partial charge in [-0.25, -0.2) is 0 Å². The molecule has 5 nitrogen and oxygen atoms in total. The third kappa shape index (κ3) is 1.81. The molecule has 0 radical (unpaired) electrons. The zero-order valence-corrected chi connectivity index (χ0v) is 10.5. The Hall–Kier alpha value is -1.10. The summed E-state index contributed by atoms with van der Waals surface area (Å²) in [5, 5.41) is 12.5. The highest BCUT2D eigenvalue weighted by Gasteiger charge is 2.52. The molecule has 3 rings (SSSR count). The van der Waals surface area contributed by atoms with Crippen LogP contribution in [0.1, 0.15) is 32.1 Å². The molecule has 0 aromatic carbocycles. The third-order valence-electron chi connectivity index (χ3n) is 4.80. The fraction of sp³-hybridized carbons (Fsp3) is 0.846. The van der Waals surface area contributed by atoms with E-state index in [4.69, 9.17) is 0 Å². The van der Waals surface area contributed by atoms with Gasteiger partial charge in [-0.2, -0.15) is 0 Å². The molecule has 3 aliphatic heterocycles. The molecule has 0 aliphatic carbocycles. The first-order valence-corrected chi connectivity index (χ1v) is 6.94. The van der Waals surface area contributed by atoms with E-state index in [-0.39, 0.29) is 29.8 Å². The van der Waals surface area contributed by atoms with Crippen molar-refractivity contribution < 1.29 is 14.7 Å². The van der Waals surface area contributed by atoms with Gasteiger partial charge in [0.1, 0.15) is 0 Å². The van der Waals surface area contributed by atoms with Crippen LogP contribution in [0.2, 0.25) is 0 Å². The molecule has 2 N–H and O–H groups in total. The van der Waals surface area contributed by atoms with Crippen molar-refractivity contribution in [2.45, 2.75) is 44.2 Å². The number of aliphatic carboxylic acids is 1. The fourth-order valence-corrected chi connectivity index (χ4v) is 3.88. The molecule has 3 unspecified atom stereocenters. The van der Waals surface area contributed by atoms with Crippen molar-refractivity contribution in [3.8, 4) is 0 Å². The summed E-state index contributed by atoms with van der Waals surface area (Å²) in [5.74, 6) is -0.727. The van der Waals surface area contributed by atoms with E-state index in [1.54, 1.807) is 0 Å². The van der Waals surface area contributed by atoms with Crippen LogP contribution in [0.4, 0.5) is 0 Å². The molecule has 2 bridgehead atoms. The van der Waals surface area contributed by atoms with Crippen molar-refractivity contribution in [1.29, 1.82) is 0 Å². The molecular formula is C13H20N2O3. The monoisotopic (exact) mass is 252 g/mol. The van der Waals surface area contributed by atoms with Crippen molar-refractivity contribution >= 4 is 11.9 Å². The Kier molecular flexibility index (Phi) is 3.01. The van der Waals surface area contributed by atoms with Crippen LogP contribution in [0, 0.1) is 11.8 Å². The Morgan fingerprint density at radius 2 is 1.83 bits per heavy atom. The molecule has 3 aliphatic rings. The van der Waals surface area contributed by atoms with Crippen LogP contribution in [0.25, 0.3) is 0 Å². The largest absolute Gasteiger partial charge is 0.481 e. The van der Waals surface area contributed by atoms with Crippen LogP contribution in [0.3, 0.4) is 0 Å². The van der Waals surface area contributed by atoms with Gasteiger partial charge in [-0.05, 0) is 45.2 Å². The van der Waals surface area contributed by atoms with E-state index in [1.807, 2.05) is 4.90 Å². The number of rotatable bonds is 2. The predicted molar refractivity (Wildman–Crippen MR) is 65.0 cm³/mol. The van der Waals surface area contributed by atoms with E-state index in [1.165, 1.54) is 0 Å². The van der Waals surface area contributed by atoms with Gasteiger partial charge in [0.25, 0.3) is 0 Å². The molecule has 3 saturated heterocycles. The molecule has 3 heterocycles. The van der Waals surface area contributed by atoms with Gasteiger partial charge in [0.2, 0.25) is 5.91 Å². The number of carbonyl (C=O) groups excluding carboxylic acids is 1. The summed E-state index contributed by atoms with van der Waals surface area (Å²) in [5.41, 5.74) is 0. The summed E-state index contributed by atoms with van der Waals surface area (Å²) in [7, 11) is 0. The first-order valence-electron chi connectivity index (χ1n) is 6.94. The first kappa shape index (κ1) is 12.0. The summed E-state index contributed by atoms with van der Waals surface area (Å²) >= 11 is 0. The average molecular weight is 252 g/mol. The van der Waals surface area contributed by atoms with Gasteiger partial charge < -0.3 is 15.3 Å². The predicted octanol–water partition coefficient (Wildman–Crippen LogP) is 0.450. The van der Waals surface area contributed by atoms with Crippen LogP contribution in [0.15, 0.2) is 0 Å². The number of hydrogen-bond acceptors (Lipinski definition) is 3. The van der Waals surface area contributed by atoms with Crippen LogP contribution in [-0.2, 0) is 9.59 Å². The highest BCUT2D eigenvalue weighted by Crippen LogP contribution is 2.43. The van der Waals surface area contributed by atoms with Crippen molar-refractivity contribution in [3.63, 3.8) is 0 Å². The van der Waals surface area contributed by atoms with E-state index in [2.05, 4.69) is 5.32 Å². The Bertz CT molecular complexity index is 365. The molecule has 100 valence electrons. The van der Waals surface area contributed by atoms with Crippen molar-refractivity contribution in [3.05, 3.63) is 0 Å². The second-order valence-electron chi connectivity index (χ2n) is 5.75. The number of carboxylic acids is 1. The molecule has 3 fully saturated rings. The van der Waals surface area contributed by atoms with Gasteiger partial charge in [0.15, 0.2) is 0 Å². The minimum Gasteiger partial charge on any atom is -0.481 e. The molecule has 0 spiro atoms. The standard InChI is InChI=1S/C13H20N2O3/c16-12(8-3-5-14-6-4-8)15-9-1-2-11(15)10(7-9)13(17)18/h8-11,14H,1-7H2,(H,17,18). The Balaban J connectivity index is 1.72. The second-order valence-corrected chi connectivity index (χ2v) is 5.75. The van der Waals surface area contributed by atoms with E-state index in [9.17, 15) is 14.7 Å². The van der Waals surface area contributed by atoms with Crippen molar-refractivity contribution in [2.75, 3.05) is 13.1 Å². The number of carbonyl (C=O) groups is 2. The topological polar surface area (TPSA) is 69.6 Å². The number of piperidine rings is 1. The fourth-order valence-electron chi connectivity index (χ4n) is 3.88. The first-order chi connectivity index (χ1) is 8.68. The highest BCUT2D eigenvalue weighted by molar-refractivity contribution is 5.82. The summed E-state index contributed by atoms with van der Waals surface area (Å²) in [4.78, 5) is 25.6. The Labute approximate surface area is 107 Å². The van der Waals surface area contributed by atoms with E-state index in [0.717, 1.165) is 38.8 Å². The number of hydrogen-bond donors (Lipinski definition) is 2. The number of nitrogens with one attached hydrogen (secondary N) is 1. The number of amides is 1. The molecule has 0 aromatic rings. The quantitative estimate of drug-likeness (QED) is 0.748. The van der Waals surface area contributed by atoms with E-state index in [0.29, 0.717) is 6.42 Å². The van der Waals surface area contributed by atoms with Crippen LogP contribution >= 0.6 is 0 Å². The lowest BCUT2D eigenvalue weighted by atomic mass is 9.89. The van der Waals surface area contributed by atoms with E-state index >= 15 is 0 Å². The van der Waals surface area contributed by atoms with Gasteiger partial charge >= 0.3 is 5.97 Å². The number of carboxylic acid groups (broad SMARTS) is 1. The smallest absolute Gasteiger partial charge is 0.308 e. The van der Waals surface area contributed by atoms with Crippen LogP contribution < -0.4 is 5.32 Å². The lowest BCUT2D eigenvalue weighted by Gasteiger charge is -2.30. The maximum absolute atomic E-state index is 12.5. The second kappa shape index (κ2) is 4.53. The molecular weight excluding hydrogens is 232 g/mol. The maximum Gasteiger partial charge on any atom is 0.308 e. The number of fused-ring (bicyclic) bond motifs is 2. The van der Waals surface area contributed by atoms with Gasteiger partial charge in [0.05, 0.1) is 5.92 Å². The van der Waals surface area contributed by atoms with Gasteiger partial charge in [0, 0.05) is 18.0 Å². The molecule has 0 aromatic heterocycles. The summed E-state index contributed by atoms with van der Waals surface area (Å²) in [6.45, 7) is 1.81. The lowest BCUT2D eigenvalue weighted by molar-refractivity contribution is -0.143. The van der Waals surface area contributed by atoms with Crippen LogP contribution in [-0.4, -0.2) is 47.1 Å². The Morgan fingerprint density at radius 1 is 1.11 bits per heavy atom. The van der Waals surface area contributed by atoms with Gasteiger partial charge in [-0.1, -0.05) is 0 Å². The molecule has 1 amide bonds. The highest BCUT2D eigenvalue weighted by atomic mass is 16.4. The average Bonchev–Trinajstić information content (AvgIpc) is 2.96. The lowest BCUT2D eigenvalue weighted by Crippen LogP contribution is -2.44. The summed E-state index contributed by atoms with van der Waals surface area (Å²) in [6, 6.07) is 0.161. The van der Waals surface area contributed by atoms with Crippen molar-refractivity contribution in [2.24, 2.45) is 11.8 Å². The SMILES string of the molecule is O=C(O)C1CC2CCC1N2C(=O)C1CCNCC1. The summed E-state index contributed by atoms with van der Waals surface area (Å²) < 4.78 is 0. The van der Waals surface area contributed by atoms with Gasteiger partial charge in [-0.15, -0.1) is 0 Å². The van der Waals surface area contributed by atoms with E-state index < -0.39 is 5.97 Å². The normalized spacial score (nSPS) is 36.0. The van der Waals surface area contributed by atoms with Crippen molar-refractivity contribution in [1.82, 2.24) is 10.2 Å². The minimum absolute atomic E-state index is 0.0325. The molecule has 0 saturated carbocycles. The minimum atomic E-state index is -0.731. The maximum atomic E-state index is 12.5. The zero-order chi connectivity index (χ0) is 12.7. The van der Waals surface area contributed by atoms with Crippen LogP contribution in [0.5, 0.6) is 0 Å². The zero-order valence-electron chi connectivity index (χ0n) is 10.5. The summed E-state index contributed by atoms with van der Waals surface area (Å²) in [6.07, 6.45) is 4.32. The molecule has 18 heavy (non-hydrogen) atoms. The van der Waals surface area contributed by atoms with Gasteiger partial charge in [-0.3, -0.25) is 9.59 Å². The Morgan fingerprint density at radius 3 is 2.44 bits per heavy atom.